The van der Waals surface area contributed by atoms with Crippen molar-refractivity contribution in [3.05, 3.63) is 186 Å². The van der Waals surface area contributed by atoms with Crippen LogP contribution in [0, 0.1) is 0 Å². The van der Waals surface area contributed by atoms with E-state index in [1.165, 1.54) is 111 Å². The van der Waals surface area contributed by atoms with Crippen LogP contribution in [0.2, 0.25) is 0 Å². The van der Waals surface area contributed by atoms with Gasteiger partial charge in [0, 0.05) is 53.7 Å². The first-order chi connectivity index (χ1) is 33.6. The third kappa shape index (κ3) is 5.76. The van der Waals surface area contributed by atoms with Gasteiger partial charge >= 0.3 is 6.85 Å². The van der Waals surface area contributed by atoms with E-state index in [9.17, 15) is 0 Å². The molecule has 0 N–H and O–H groups in total. The van der Waals surface area contributed by atoms with Gasteiger partial charge in [0.25, 0.3) is 0 Å². The number of fused-ring (bicyclic) bond motifs is 14. The van der Waals surface area contributed by atoms with Crippen molar-refractivity contribution in [1.82, 2.24) is 0 Å². The number of furan rings is 1. The quantitative estimate of drug-likeness (QED) is 0.165. The molecule has 10 aromatic rings. The van der Waals surface area contributed by atoms with E-state index in [-0.39, 0.29) is 28.5 Å². The normalized spacial score (nSPS) is 16.8. The highest BCUT2D eigenvalue weighted by Gasteiger charge is 2.50. The Morgan fingerprint density at radius 1 is 0.529 bits per heavy atom. The Hall–Kier alpha value is -6.82. The Bertz CT molecular complexity index is 3860. The van der Waals surface area contributed by atoms with E-state index in [0.717, 1.165) is 34.0 Å². The predicted molar refractivity (Wildman–Crippen MR) is 300 cm³/mol. The topological polar surface area (TPSA) is 19.6 Å². The lowest BCUT2D eigenvalue weighted by molar-refractivity contribution is 0.332. The van der Waals surface area contributed by atoms with Crippen molar-refractivity contribution in [1.29, 1.82) is 0 Å². The summed E-state index contributed by atoms with van der Waals surface area (Å²) in [5, 5.41) is 3.55. The van der Waals surface area contributed by atoms with Crippen LogP contribution in [-0.4, -0.2) is 6.85 Å². The number of rotatable bonds is 3. The molecule has 0 saturated carbocycles. The van der Waals surface area contributed by atoms with Gasteiger partial charge in [0.15, 0.2) is 5.58 Å². The van der Waals surface area contributed by atoms with Gasteiger partial charge in [-0.1, -0.05) is 159 Å². The van der Waals surface area contributed by atoms with Gasteiger partial charge in [-0.05, 0) is 151 Å². The summed E-state index contributed by atoms with van der Waals surface area (Å²) in [7, 11) is 0. The summed E-state index contributed by atoms with van der Waals surface area (Å²) < 4.78 is 9.96. The Labute approximate surface area is 416 Å². The van der Waals surface area contributed by atoms with Crippen LogP contribution in [-0.2, 0) is 21.7 Å². The minimum atomic E-state index is -0.173. The van der Waals surface area contributed by atoms with Crippen LogP contribution in [0.5, 0.6) is 0 Å². The van der Waals surface area contributed by atoms with Crippen molar-refractivity contribution in [2.24, 2.45) is 0 Å². The van der Waals surface area contributed by atoms with E-state index in [0.29, 0.717) is 0 Å². The summed E-state index contributed by atoms with van der Waals surface area (Å²) in [6.07, 6.45) is 2.31. The first kappa shape index (κ1) is 42.1. The molecule has 2 aliphatic carbocycles. The van der Waals surface area contributed by atoms with Crippen LogP contribution >= 0.6 is 11.3 Å². The molecule has 342 valence electrons. The molecule has 0 unspecified atom stereocenters. The van der Waals surface area contributed by atoms with Crippen LogP contribution in [0.1, 0.15) is 103 Å². The van der Waals surface area contributed by atoms with E-state index in [2.05, 4.69) is 230 Å². The lowest BCUT2D eigenvalue weighted by Gasteiger charge is -2.46. The molecule has 0 bridgehead atoms. The Balaban J connectivity index is 1.16. The second-order valence-corrected chi connectivity index (χ2v) is 24.6. The van der Waals surface area contributed by atoms with Crippen molar-refractivity contribution in [3.8, 4) is 33.4 Å². The smallest absolute Gasteiger partial charge is 0.343 e. The third-order valence-corrected chi connectivity index (χ3v) is 18.3. The highest BCUT2D eigenvalue weighted by molar-refractivity contribution is 7.32. The maximum Gasteiger partial charge on any atom is 0.343 e. The molecule has 70 heavy (non-hydrogen) atoms. The number of hydrogen-bond acceptors (Lipinski definition) is 4. The third-order valence-electron chi connectivity index (χ3n) is 17.1. The van der Waals surface area contributed by atoms with Gasteiger partial charge in [0.05, 0.1) is 11.4 Å². The molecule has 0 spiro atoms. The molecule has 8 aromatic carbocycles. The highest BCUT2D eigenvalue weighted by atomic mass is 32.1. The van der Waals surface area contributed by atoms with Gasteiger partial charge in [-0.2, -0.15) is 0 Å². The van der Waals surface area contributed by atoms with E-state index in [1.807, 2.05) is 11.3 Å². The molecule has 0 fully saturated rings. The number of benzene rings is 8. The summed E-state index contributed by atoms with van der Waals surface area (Å²) in [6.45, 7) is 21.4. The number of nitrogens with zero attached hydrogens (tertiary/aromatic N) is 2. The number of anilines is 5. The van der Waals surface area contributed by atoms with Crippen LogP contribution < -0.4 is 20.0 Å². The van der Waals surface area contributed by atoms with Crippen LogP contribution in [0.25, 0.3) is 65.4 Å². The van der Waals surface area contributed by atoms with E-state index < -0.39 is 0 Å². The minimum absolute atomic E-state index is 0.0146. The first-order valence-corrected chi connectivity index (χ1v) is 26.1. The lowest BCUT2D eigenvalue weighted by atomic mass is 9.46. The summed E-state index contributed by atoms with van der Waals surface area (Å²) >= 11 is 1.96. The van der Waals surface area contributed by atoms with Gasteiger partial charge in [-0.3, -0.25) is 0 Å². The Morgan fingerprint density at radius 2 is 1.24 bits per heavy atom. The zero-order valence-corrected chi connectivity index (χ0v) is 42.5. The Kier molecular flexibility index (Phi) is 8.52. The molecule has 4 aliphatic rings. The van der Waals surface area contributed by atoms with Gasteiger partial charge in [-0.25, -0.2) is 0 Å². The van der Waals surface area contributed by atoms with Crippen LogP contribution in [0.4, 0.5) is 28.4 Å². The van der Waals surface area contributed by atoms with Gasteiger partial charge in [-0.15, -0.1) is 11.3 Å². The van der Waals surface area contributed by atoms with E-state index in [4.69, 9.17) is 4.42 Å². The molecule has 14 rings (SSSR count). The van der Waals surface area contributed by atoms with Crippen LogP contribution in [0.3, 0.4) is 0 Å². The summed E-state index contributed by atoms with van der Waals surface area (Å²) in [6, 6.07) is 60.4. The number of hydrogen-bond donors (Lipinski definition) is 0. The highest BCUT2D eigenvalue weighted by Crippen LogP contribution is 2.58. The average molecular weight is 925 g/mol. The molecule has 4 heterocycles. The fourth-order valence-corrected chi connectivity index (χ4v) is 14.3. The zero-order valence-electron chi connectivity index (χ0n) is 41.7. The van der Waals surface area contributed by atoms with Gasteiger partial charge < -0.3 is 14.1 Å². The zero-order chi connectivity index (χ0) is 47.8. The molecule has 2 aromatic heterocycles. The van der Waals surface area contributed by atoms with Crippen molar-refractivity contribution in [2.45, 2.75) is 96.8 Å². The molecule has 3 nitrogen and oxygen atoms in total. The maximum atomic E-state index is 7.33. The van der Waals surface area contributed by atoms with Crippen molar-refractivity contribution in [2.75, 3.05) is 9.71 Å². The SMILES string of the molecule is CC(C)(C)c1ccc(N2B3c4sc5ccc(-c6ccccc6)cc5c4N(c4ccc5c(c4)C(C)(C)CCC5(C)C)c4c3c(cc3c4oc4ccccc43)-c3cc4c(cc32)C(C)(C)c2ccccc2-4)cc1. The molecule has 0 atom stereocenters. The molecule has 5 heteroatoms. The van der Waals surface area contributed by atoms with Crippen molar-refractivity contribution < 1.29 is 4.42 Å². The average Bonchev–Trinajstić information content (AvgIpc) is 4.00. The molecule has 0 saturated heterocycles. The molecular formula is C65H57BN2OS. The lowest BCUT2D eigenvalue weighted by Crippen LogP contribution is -2.60. The molecule has 2 aliphatic heterocycles. The molecule has 0 amide bonds. The van der Waals surface area contributed by atoms with E-state index >= 15 is 0 Å². The summed E-state index contributed by atoms with van der Waals surface area (Å²) in [4.78, 5) is 5.36. The molecular weight excluding hydrogens is 868 g/mol. The van der Waals surface area contributed by atoms with Crippen LogP contribution in [0.15, 0.2) is 162 Å². The standard InChI is InChI=1S/C65H57BN2OS/c1-62(2,3)40-24-26-41(27-25-40)68-54-37-52-45(43-19-13-15-21-50(43)65(52,8)9)35-46(54)47-36-48-44-20-14-16-22-55(44)69-60(48)59-57(47)66(68)61-58(49-33-39(23-30-56(49)70-61)38-17-11-10-12-18-38)67(59)42-28-29-51-53(34-42)64(6,7)32-31-63(51,4)5/h10-30,33-37H,31-32H2,1-9H3. The summed E-state index contributed by atoms with van der Waals surface area (Å²) in [5.74, 6) is 0. The Morgan fingerprint density at radius 3 is 2.03 bits per heavy atom. The van der Waals surface area contributed by atoms with Crippen molar-refractivity contribution in [3.63, 3.8) is 0 Å². The predicted octanol–water partition coefficient (Wildman–Crippen LogP) is 17.1. The summed E-state index contributed by atoms with van der Waals surface area (Å²) in [5.41, 5.74) is 23.7. The second-order valence-electron chi connectivity index (χ2n) is 23.5. The second kappa shape index (κ2) is 14.2. The number of thiophene rings is 1. The molecule has 0 radical (unpaired) electrons. The monoisotopic (exact) mass is 924 g/mol. The number of para-hydroxylation sites is 1. The largest absolute Gasteiger partial charge is 0.454 e. The fourth-order valence-electron chi connectivity index (χ4n) is 13.1. The fraction of sp³-hybridized carbons (Fsp3) is 0.231. The van der Waals surface area contributed by atoms with Gasteiger partial charge in [0.1, 0.15) is 5.58 Å². The minimum Gasteiger partial charge on any atom is -0.454 e. The first-order valence-electron chi connectivity index (χ1n) is 25.3. The van der Waals surface area contributed by atoms with Crippen molar-refractivity contribution >= 4 is 88.9 Å². The maximum absolute atomic E-state index is 7.33. The van der Waals surface area contributed by atoms with Gasteiger partial charge in [0.2, 0.25) is 0 Å². The van der Waals surface area contributed by atoms with E-state index in [1.54, 1.807) is 0 Å².